The van der Waals surface area contributed by atoms with E-state index in [0.717, 1.165) is 18.5 Å². The van der Waals surface area contributed by atoms with Gasteiger partial charge in [-0.25, -0.2) is 0 Å². The summed E-state index contributed by atoms with van der Waals surface area (Å²) in [7, 11) is 0. The summed E-state index contributed by atoms with van der Waals surface area (Å²) in [4.78, 5) is 10.5. The molecule has 0 radical (unpaired) electrons. The second-order valence-corrected chi connectivity index (χ2v) is 5.85. The van der Waals surface area contributed by atoms with Gasteiger partial charge in [0.25, 0.3) is 5.69 Å². The molecule has 1 aromatic rings. The second-order valence-electron chi connectivity index (χ2n) is 4.99. The van der Waals surface area contributed by atoms with E-state index in [1.807, 2.05) is 19.9 Å². The lowest BCUT2D eigenvalue weighted by Gasteiger charge is -2.33. The molecule has 0 aromatic heterocycles. The summed E-state index contributed by atoms with van der Waals surface area (Å²) in [6.45, 7) is 4.10. The van der Waals surface area contributed by atoms with E-state index in [-0.39, 0.29) is 22.8 Å². The van der Waals surface area contributed by atoms with Crippen LogP contribution in [0.4, 0.5) is 11.4 Å². The van der Waals surface area contributed by atoms with Gasteiger partial charge in [0.1, 0.15) is 0 Å². The molecule has 2 unspecified atom stereocenters. The second kappa shape index (κ2) is 5.88. The Morgan fingerprint density at radius 2 is 2.00 bits per heavy atom. The van der Waals surface area contributed by atoms with Crippen molar-refractivity contribution in [1.29, 1.82) is 0 Å². The van der Waals surface area contributed by atoms with Crippen LogP contribution >= 0.6 is 15.9 Å². The minimum Gasteiger partial charge on any atom is -0.382 e. The lowest BCUT2D eigenvalue weighted by molar-refractivity contribution is -0.385. The molecule has 1 heterocycles. The Hall–Kier alpha value is -1.14. The third-order valence-corrected chi connectivity index (χ3v) is 3.88. The Morgan fingerprint density at radius 3 is 2.58 bits per heavy atom. The standard InChI is InChI=1S/C13H17BrN2O3/c1-8-5-11(6-9(2)19-8)15-10-3-4-12(14)13(7-10)16(17)18/h3-4,7-9,11,15H,5-6H2,1-2H3. The molecule has 1 aromatic carbocycles. The molecule has 0 saturated carbocycles. The first-order chi connectivity index (χ1) is 8.95. The van der Waals surface area contributed by atoms with Crippen molar-refractivity contribution in [1.82, 2.24) is 0 Å². The Balaban J connectivity index is 2.10. The fourth-order valence-electron chi connectivity index (χ4n) is 2.50. The van der Waals surface area contributed by atoms with Gasteiger partial charge in [0.2, 0.25) is 0 Å². The number of hydrogen-bond donors (Lipinski definition) is 1. The summed E-state index contributed by atoms with van der Waals surface area (Å²) in [6, 6.07) is 5.41. The average molecular weight is 329 g/mol. The van der Waals surface area contributed by atoms with Crippen molar-refractivity contribution in [2.24, 2.45) is 0 Å². The van der Waals surface area contributed by atoms with Crippen LogP contribution in [0.3, 0.4) is 0 Å². The van der Waals surface area contributed by atoms with Crippen LogP contribution < -0.4 is 5.32 Å². The lowest BCUT2D eigenvalue weighted by Crippen LogP contribution is -2.36. The summed E-state index contributed by atoms with van der Waals surface area (Å²) in [5, 5.41) is 14.3. The molecule has 1 aliphatic heterocycles. The van der Waals surface area contributed by atoms with E-state index in [1.54, 1.807) is 12.1 Å². The summed E-state index contributed by atoms with van der Waals surface area (Å²) in [5.74, 6) is 0. The van der Waals surface area contributed by atoms with Gasteiger partial charge in [0, 0.05) is 17.8 Å². The Labute approximate surface area is 120 Å². The van der Waals surface area contributed by atoms with Crippen molar-refractivity contribution < 1.29 is 9.66 Å². The van der Waals surface area contributed by atoms with E-state index in [9.17, 15) is 10.1 Å². The number of nitrogens with one attached hydrogen (secondary N) is 1. The van der Waals surface area contributed by atoms with E-state index in [0.29, 0.717) is 10.5 Å². The van der Waals surface area contributed by atoms with Crippen LogP contribution in [-0.2, 0) is 4.74 Å². The zero-order valence-electron chi connectivity index (χ0n) is 10.9. The number of halogens is 1. The first-order valence-electron chi connectivity index (χ1n) is 6.31. The van der Waals surface area contributed by atoms with Crippen molar-refractivity contribution in [3.05, 3.63) is 32.8 Å². The summed E-state index contributed by atoms with van der Waals surface area (Å²) in [5.41, 5.74) is 0.861. The molecule has 104 valence electrons. The highest BCUT2D eigenvalue weighted by atomic mass is 79.9. The molecule has 2 atom stereocenters. The highest BCUT2D eigenvalue weighted by Crippen LogP contribution is 2.29. The third-order valence-electron chi connectivity index (χ3n) is 3.21. The maximum Gasteiger partial charge on any atom is 0.285 e. The Bertz CT molecular complexity index is 471. The Morgan fingerprint density at radius 1 is 1.37 bits per heavy atom. The van der Waals surface area contributed by atoms with Gasteiger partial charge in [-0.05, 0) is 54.8 Å². The van der Waals surface area contributed by atoms with Gasteiger partial charge in [-0.3, -0.25) is 10.1 Å². The van der Waals surface area contributed by atoms with Crippen LogP contribution in [0.2, 0.25) is 0 Å². The van der Waals surface area contributed by atoms with Gasteiger partial charge in [-0.2, -0.15) is 0 Å². The number of anilines is 1. The number of nitro benzene ring substituents is 1. The molecule has 0 aliphatic carbocycles. The normalized spacial score (nSPS) is 27.0. The molecular weight excluding hydrogens is 312 g/mol. The van der Waals surface area contributed by atoms with E-state index in [1.165, 1.54) is 0 Å². The van der Waals surface area contributed by atoms with E-state index < -0.39 is 0 Å². The fourth-order valence-corrected chi connectivity index (χ4v) is 2.89. The Kier molecular flexibility index (Phi) is 4.42. The molecule has 0 bridgehead atoms. The zero-order valence-corrected chi connectivity index (χ0v) is 12.5. The topological polar surface area (TPSA) is 64.4 Å². The molecule has 1 fully saturated rings. The number of nitro groups is 1. The molecule has 5 nitrogen and oxygen atoms in total. The fraction of sp³-hybridized carbons (Fsp3) is 0.538. The minimum absolute atomic E-state index is 0.0816. The van der Waals surface area contributed by atoms with Crippen molar-refractivity contribution >= 4 is 27.3 Å². The number of nitrogens with zero attached hydrogens (tertiary/aromatic N) is 1. The highest BCUT2D eigenvalue weighted by molar-refractivity contribution is 9.10. The molecule has 0 amide bonds. The van der Waals surface area contributed by atoms with Crippen LogP contribution in [0.25, 0.3) is 0 Å². The monoisotopic (exact) mass is 328 g/mol. The van der Waals surface area contributed by atoms with Gasteiger partial charge in [-0.1, -0.05) is 0 Å². The van der Waals surface area contributed by atoms with Crippen LogP contribution in [0.5, 0.6) is 0 Å². The molecular formula is C13H17BrN2O3. The molecule has 1 aliphatic rings. The molecule has 1 N–H and O–H groups in total. The number of hydrogen-bond acceptors (Lipinski definition) is 4. The first-order valence-corrected chi connectivity index (χ1v) is 7.11. The predicted octanol–water partition coefficient (Wildman–Crippen LogP) is 3.73. The van der Waals surface area contributed by atoms with Crippen molar-refractivity contribution in [3.63, 3.8) is 0 Å². The molecule has 1 saturated heterocycles. The van der Waals surface area contributed by atoms with Gasteiger partial charge in [0.15, 0.2) is 0 Å². The van der Waals surface area contributed by atoms with E-state index >= 15 is 0 Å². The summed E-state index contributed by atoms with van der Waals surface area (Å²) < 4.78 is 6.18. The predicted molar refractivity (Wildman–Crippen MR) is 77.5 cm³/mol. The van der Waals surface area contributed by atoms with E-state index in [2.05, 4.69) is 21.2 Å². The molecule has 19 heavy (non-hydrogen) atoms. The van der Waals surface area contributed by atoms with Gasteiger partial charge < -0.3 is 10.1 Å². The third kappa shape index (κ3) is 3.67. The average Bonchev–Trinajstić information content (AvgIpc) is 2.30. The lowest BCUT2D eigenvalue weighted by atomic mass is 9.99. The number of ether oxygens (including phenoxy) is 1. The van der Waals surface area contributed by atoms with Crippen molar-refractivity contribution in [3.8, 4) is 0 Å². The smallest absolute Gasteiger partial charge is 0.285 e. The number of rotatable bonds is 3. The minimum atomic E-state index is -0.384. The molecule has 2 rings (SSSR count). The van der Waals surface area contributed by atoms with Gasteiger partial charge in [0.05, 0.1) is 21.6 Å². The van der Waals surface area contributed by atoms with Crippen LogP contribution in [0, 0.1) is 10.1 Å². The maximum atomic E-state index is 10.9. The quantitative estimate of drug-likeness (QED) is 0.678. The maximum absolute atomic E-state index is 10.9. The van der Waals surface area contributed by atoms with Crippen LogP contribution in [0.15, 0.2) is 22.7 Å². The first kappa shape index (κ1) is 14.3. The zero-order chi connectivity index (χ0) is 14.0. The van der Waals surface area contributed by atoms with Crippen molar-refractivity contribution in [2.45, 2.75) is 44.9 Å². The summed E-state index contributed by atoms with van der Waals surface area (Å²) in [6.07, 6.45) is 2.25. The highest BCUT2D eigenvalue weighted by Gasteiger charge is 2.24. The number of benzene rings is 1. The van der Waals surface area contributed by atoms with Gasteiger partial charge >= 0.3 is 0 Å². The van der Waals surface area contributed by atoms with Gasteiger partial charge in [-0.15, -0.1) is 0 Å². The summed E-state index contributed by atoms with van der Waals surface area (Å²) >= 11 is 3.19. The molecule has 6 heteroatoms. The van der Waals surface area contributed by atoms with Crippen LogP contribution in [-0.4, -0.2) is 23.2 Å². The molecule has 0 spiro atoms. The van der Waals surface area contributed by atoms with E-state index in [4.69, 9.17) is 4.74 Å². The SMILES string of the molecule is CC1CC(Nc2ccc(Br)c([N+](=O)[O-])c2)CC(C)O1. The largest absolute Gasteiger partial charge is 0.382 e. The van der Waals surface area contributed by atoms with Crippen molar-refractivity contribution in [2.75, 3.05) is 5.32 Å². The van der Waals surface area contributed by atoms with Crippen LogP contribution in [0.1, 0.15) is 26.7 Å².